The fourth-order valence-corrected chi connectivity index (χ4v) is 6.15. The lowest BCUT2D eigenvalue weighted by atomic mass is 10.2. The van der Waals surface area contributed by atoms with Crippen LogP contribution in [0.4, 0.5) is 0 Å². The first-order valence-corrected chi connectivity index (χ1v) is 15.2. The molecule has 5 rings (SSSR count). The summed E-state index contributed by atoms with van der Waals surface area (Å²) in [6.45, 7) is 6.64. The Morgan fingerprint density at radius 2 is 1.68 bits per heavy atom. The quantitative estimate of drug-likeness (QED) is 0.151. The van der Waals surface area contributed by atoms with Crippen molar-refractivity contribution in [1.82, 2.24) is 14.2 Å². The van der Waals surface area contributed by atoms with Crippen molar-refractivity contribution < 1.29 is 4.74 Å². The van der Waals surface area contributed by atoms with Crippen molar-refractivity contribution in [3.63, 3.8) is 0 Å². The first-order chi connectivity index (χ1) is 19.2. The number of halogens is 3. The number of rotatable bonds is 8. The van der Waals surface area contributed by atoms with E-state index in [0.717, 1.165) is 53.8 Å². The molecule has 0 unspecified atom stereocenters. The highest BCUT2D eigenvalue weighted by molar-refractivity contribution is 9.11. The average molecular weight is 727 g/mol. The molecule has 2 heterocycles. The Kier molecular flexibility index (Phi) is 8.73. The number of hydrogen-bond donors (Lipinski definition) is 0. The van der Waals surface area contributed by atoms with Crippen LogP contribution in [-0.4, -0.2) is 20.4 Å². The zero-order valence-electron chi connectivity index (χ0n) is 22.3. The fourth-order valence-electron chi connectivity index (χ4n) is 4.63. The minimum atomic E-state index is -0.175. The Morgan fingerprint density at radius 3 is 2.40 bits per heavy atom. The van der Waals surface area contributed by atoms with Crippen molar-refractivity contribution >= 4 is 64.9 Å². The van der Waals surface area contributed by atoms with E-state index in [1.165, 1.54) is 4.68 Å². The lowest BCUT2D eigenvalue weighted by Crippen LogP contribution is -2.22. The van der Waals surface area contributed by atoms with Gasteiger partial charge in [-0.05, 0) is 80.9 Å². The predicted octanol–water partition coefficient (Wildman–Crippen LogP) is 8.51. The summed E-state index contributed by atoms with van der Waals surface area (Å²) in [5.74, 6) is 1.44. The van der Waals surface area contributed by atoms with Gasteiger partial charge < -0.3 is 9.30 Å². The van der Waals surface area contributed by atoms with Gasteiger partial charge in [-0.25, -0.2) is 4.98 Å². The largest absolute Gasteiger partial charge is 0.489 e. The third kappa shape index (κ3) is 6.01. The molecule has 204 valence electrons. The van der Waals surface area contributed by atoms with E-state index in [1.54, 1.807) is 12.3 Å². The molecule has 0 saturated heterocycles. The summed E-state index contributed by atoms with van der Waals surface area (Å²) in [7, 11) is 0. The molecule has 0 amide bonds. The zero-order valence-corrected chi connectivity index (χ0v) is 27.0. The number of nitrogens with zero attached hydrogens (tertiary/aromatic N) is 4. The molecule has 5 aromatic rings. The standard InChI is InChI=1S/C31H27Br3N4O2/c1-4-5-30-36-29-13-8-23(32)15-27(29)31(39)38(30)35-17-22-14-19(2)37(20(22)3)25-9-11-26(12-10-25)40-18-21-6-7-24(33)16-28(21)34/h6-17H,4-5,18H2,1-3H3. The summed E-state index contributed by atoms with van der Waals surface area (Å²) in [4.78, 5) is 18.1. The van der Waals surface area contributed by atoms with Gasteiger partial charge in [-0.15, -0.1) is 0 Å². The van der Waals surface area contributed by atoms with Gasteiger partial charge >= 0.3 is 0 Å². The molecule has 0 aliphatic heterocycles. The maximum absolute atomic E-state index is 13.4. The monoisotopic (exact) mass is 724 g/mol. The van der Waals surface area contributed by atoms with Crippen LogP contribution in [0, 0.1) is 13.8 Å². The lowest BCUT2D eigenvalue weighted by Gasteiger charge is -2.12. The number of hydrogen-bond acceptors (Lipinski definition) is 4. The number of aryl methyl sites for hydroxylation is 2. The maximum atomic E-state index is 13.4. The minimum Gasteiger partial charge on any atom is -0.489 e. The predicted molar refractivity (Wildman–Crippen MR) is 172 cm³/mol. The first-order valence-electron chi connectivity index (χ1n) is 12.9. The van der Waals surface area contributed by atoms with Gasteiger partial charge in [0.2, 0.25) is 0 Å². The highest BCUT2D eigenvalue weighted by atomic mass is 79.9. The van der Waals surface area contributed by atoms with Crippen LogP contribution in [0.2, 0.25) is 0 Å². The van der Waals surface area contributed by atoms with Gasteiger partial charge in [0.25, 0.3) is 5.56 Å². The van der Waals surface area contributed by atoms with Gasteiger partial charge in [0, 0.05) is 48.0 Å². The van der Waals surface area contributed by atoms with E-state index in [2.05, 4.69) is 84.3 Å². The van der Waals surface area contributed by atoms with Crippen LogP contribution >= 0.6 is 47.8 Å². The van der Waals surface area contributed by atoms with E-state index in [-0.39, 0.29) is 5.56 Å². The van der Waals surface area contributed by atoms with E-state index in [1.807, 2.05) is 54.6 Å². The molecule has 2 aromatic heterocycles. The van der Waals surface area contributed by atoms with Crippen molar-refractivity contribution in [2.75, 3.05) is 0 Å². The van der Waals surface area contributed by atoms with Crippen molar-refractivity contribution in [1.29, 1.82) is 0 Å². The second-order valence-electron chi connectivity index (χ2n) is 9.48. The van der Waals surface area contributed by atoms with Crippen molar-refractivity contribution in [2.45, 2.75) is 40.2 Å². The molecule has 0 aliphatic rings. The molecule has 9 heteroatoms. The van der Waals surface area contributed by atoms with Crippen LogP contribution in [-0.2, 0) is 13.0 Å². The number of ether oxygens (including phenoxy) is 1. The van der Waals surface area contributed by atoms with Crippen molar-refractivity contribution in [3.05, 3.63) is 119 Å². The molecule has 0 bridgehead atoms. The summed E-state index contributed by atoms with van der Waals surface area (Å²) in [5.41, 5.74) is 5.62. The highest BCUT2D eigenvalue weighted by Crippen LogP contribution is 2.25. The van der Waals surface area contributed by atoms with Crippen LogP contribution < -0.4 is 10.3 Å². The fraction of sp³-hybridized carbons (Fsp3) is 0.194. The second kappa shape index (κ2) is 12.2. The lowest BCUT2D eigenvalue weighted by molar-refractivity contribution is 0.305. The topological polar surface area (TPSA) is 61.4 Å². The smallest absolute Gasteiger partial charge is 0.282 e. The molecular weight excluding hydrogens is 700 g/mol. The molecule has 6 nitrogen and oxygen atoms in total. The van der Waals surface area contributed by atoms with Gasteiger partial charge in [0.05, 0.1) is 17.1 Å². The van der Waals surface area contributed by atoms with Crippen LogP contribution in [0.15, 0.2) is 90.0 Å². The van der Waals surface area contributed by atoms with E-state index in [4.69, 9.17) is 9.72 Å². The zero-order chi connectivity index (χ0) is 28.4. The Balaban J connectivity index is 1.40. The summed E-state index contributed by atoms with van der Waals surface area (Å²) >= 11 is 10.5. The SMILES string of the molecule is CCCc1nc2ccc(Br)cc2c(=O)n1N=Cc1cc(C)n(-c2ccc(OCc3ccc(Br)cc3Br)cc2)c1C. The third-order valence-corrected chi connectivity index (χ3v) is 8.36. The third-order valence-electron chi connectivity index (χ3n) is 6.64. The first kappa shape index (κ1) is 28.5. The molecule has 0 aliphatic carbocycles. The summed E-state index contributed by atoms with van der Waals surface area (Å²) in [6, 6.07) is 21.7. The molecule has 0 N–H and O–H groups in total. The minimum absolute atomic E-state index is 0.175. The molecule has 3 aromatic carbocycles. The number of fused-ring (bicyclic) bond motifs is 1. The van der Waals surface area contributed by atoms with Crippen LogP contribution in [0.3, 0.4) is 0 Å². The molecule has 0 spiro atoms. The highest BCUT2D eigenvalue weighted by Gasteiger charge is 2.13. The molecular formula is C31H27Br3N4O2. The average Bonchev–Trinajstić information content (AvgIpc) is 3.21. The van der Waals surface area contributed by atoms with Crippen LogP contribution in [0.5, 0.6) is 5.75 Å². The molecule has 0 atom stereocenters. The summed E-state index contributed by atoms with van der Waals surface area (Å²) in [5, 5.41) is 5.16. The summed E-state index contributed by atoms with van der Waals surface area (Å²) in [6.07, 6.45) is 3.27. The Hall–Kier alpha value is -3.01. The van der Waals surface area contributed by atoms with Gasteiger partial charge in [0.15, 0.2) is 0 Å². The van der Waals surface area contributed by atoms with E-state index in [9.17, 15) is 4.79 Å². The van der Waals surface area contributed by atoms with Crippen molar-refractivity contribution in [2.24, 2.45) is 5.10 Å². The molecule has 40 heavy (non-hydrogen) atoms. The molecule has 0 radical (unpaired) electrons. The van der Waals surface area contributed by atoms with Gasteiger partial charge in [-0.1, -0.05) is 60.8 Å². The van der Waals surface area contributed by atoms with E-state index >= 15 is 0 Å². The second-order valence-corrected chi connectivity index (χ2v) is 12.2. The van der Waals surface area contributed by atoms with Crippen LogP contribution in [0.1, 0.15) is 41.7 Å². The Labute approximate surface area is 258 Å². The number of benzene rings is 3. The Bertz CT molecular complexity index is 1790. The van der Waals surface area contributed by atoms with E-state index in [0.29, 0.717) is 29.8 Å². The maximum Gasteiger partial charge on any atom is 0.282 e. The molecule has 0 fully saturated rings. The Morgan fingerprint density at radius 1 is 0.950 bits per heavy atom. The molecule has 0 saturated carbocycles. The normalized spacial score (nSPS) is 11.6. The summed E-state index contributed by atoms with van der Waals surface area (Å²) < 4.78 is 12.5. The van der Waals surface area contributed by atoms with Gasteiger partial charge in [0.1, 0.15) is 18.2 Å². The van der Waals surface area contributed by atoms with E-state index < -0.39 is 0 Å². The van der Waals surface area contributed by atoms with Gasteiger partial charge in [-0.2, -0.15) is 9.78 Å². The van der Waals surface area contributed by atoms with Gasteiger partial charge in [-0.3, -0.25) is 4.79 Å². The van der Waals surface area contributed by atoms with Crippen molar-refractivity contribution in [3.8, 4) is 11.4 Å². The van der Waals surface area contributed by atoms with Crippen LogP contribution in [0.25, 0.3) is 16.6 Å². The number of aromatic nitrogens is 3.